The summed E-state index contributed by atoms with van der Waals surface area (Å²) in [6.07, 6.45) is 1.41. The van der Waals surface area contributed by atoms with Crippen molar-refractivity contribution in [1.29, 1.82) is 0 Å². The maximum atomic E-state index is 10.5. The summed E-state index contributed by atoms with van der Waals surface area (Å²) in [6, 6.07) is 6.30. The van der Waals surface area contributed by atoms with Crippen LogP contribution in [0, 0.1) is 0 Å². The summed E-state index contributed by atoms with van der Waals surface area (Å²) < 4.78 is 0. The van der Waals surface area contributed by atoms with E-state index < -0.39 is 12.5 Å². The van der Waals surface area contributed by atoms with Crippen LogP contribution in [-0.4, -0.2) is 28.9 Å². The monoisotopic (exact) mass is 194 g/mol. The van der Waals surface area contributed by atoms with Crippen LogP contribution in [0.1, 0.15) is 5.56 Å². The van der Waals surface area contributed by atoms with E-state index in [0.29, 0.717) is 0 Å². The first-order valence-electron chi connectivity index (χ1n) is 3.94. The lowest BCUT2D eigenvalue weighted by molar-refractivity contribution is -0.123. The van der Waals surface area contributed by atoms with Gasteiger partial charge in [-0.25, -0.2) is 5.43 Å². The number of nitrogens with one attached hydrogen (secondary N) is 1. The van der Waals surface area contributed by atoms with Crippen LogP contribution >= 0.6 is 0 Å². The van der Waals surface area contributed by atoms with Gasteiger partial charge < -0.3 is 10.2 Å². The minimum atomic E-state index is -0.590. The van der Waals surface area contributed by atoms with Crippen molar-refractivity contribution in [2.24, 2.45) is 5.10 Å². The minimum absolute atomic E-state index is 0.168. The highest BCUT2D eigenvalue weighted by Gasteiger charge is 1.93. The Morgan fingerprint density at radius 2 is 2.07 bits per heavy atom. The quantitative estimate of drug-likeness (QED) is 0.461. The number of carbonyl (C=O) groups excluding carboxylic acids is 1. The van der Waals surface area contributed by atoms with Crippen molar-refractivity contribution in [1.82, 2.24) is 5.43 Å². The van der Waals surface area contributed by atoms with Crippen molar-refractivity contribution in [2.45, 2.75) is 0 Å². The average Bonchev–Trinajstić information content (AvgIpc) is 2.21. The normalized spacial score (nSPS) is 10.4. The minimum Gasteiger partial charge on any atom is -0.508 e. The third kappa shape index (κ3) is 3.24. The van der Waals surface area contributed by atoms with Gasteiger partial charge in [0.05, 0.1) is 6.21 Å². The van der Waals surface area contributed by atoms with Crippen LogP contribution < -0.4 is 5.43 Å². The number of hydrazone groups is 1. The highest BCUT2D eigenvalue weighted by Crippen LogP contribution is 2.07. The lowest BCUT2D eigenvalue weighted by Gasteiger charge is -1.95. The van der Waals surface area contributed by atoms with Gasteiger partial charge >= 0.3 is 0 Å². The molecule has 0 spiro atoms. The molecule has 0 aliphatic carbocycles. The van der Waals surface area contributed by atoms with Crippen molar-refractivity contribution in [3.63, 3.8) is 0 Å². The first-order valence-corrected chi connectivity index (χ1v) is 3.94. The molecule has 0 heterocycles. The fourth-order valence-electron chi connectivity index (χ4n) is 0.775. The van der Waals surface area contributed by atoms with Crippen molar-refractivity contribution < 1.29 is 15.0 Å². The molecule has 14 heavy (non-hydrogen) atoms. The lowest BCUT2D eigenvalue weighted by atomic mass is 10.2. The van der Waals surface area contributed by atoms with E-state index in [-0.39, 0.29) is 5.75 Å². The van der Waals surface area contributed by atoms with E-state index in [1.807, 2.05) is 0 Å². The summed E-state index contributed by atoms with van der Waals surface area (Å²) in [6.45, 7) is -0.590. The molecule has 1 aromatic rings. The zero-order valence-corrected chi connectivity index (χ0v) is 7.34. The lowest BCUT2D eigenvalue weighted by Crippen LogP contribution is -2.20. The molecule has 0 aliphatic rings. The second kappa shape index (κ2) is 4.98. The number of rotatable bonds is 3. The molecule has 5 nitrogen and oxygen atoms in total. The molecule has 0 saturated heterocycles. The van der Waals surface area contributed by atoms with Crippen LogP contribution in [0.3, 0.4) is 0 Å². The molecule has 0 radical (unpaired) electrons. The van der Waals surface area contributed by atoms with Gasteiger partial charge in [-0.1, -0.05) is 0 Å². The fourth-order valence-corrected chi connectivity index (χ4v) is 0.775. The molecular weight excluding hydrogens is 184 g/mol. The maximum absolute atomic E-state index is 10.5. The molecule has 0 atom stereocenters. The van der Waals surface area contributed by atoms with E-state index in [4.69, 9.17) is 10.2 Å². The van der Waals surface area contributed by atoms with Crippen LogP contribution in [0.2, 0.25) is 0 Å². The van der Waals surface area contributed by atoms with Crippen molar-refractivity contribution in [3.8, 4) is 5.75 Å². The smallest absolute Gasteiger partial charge is 0.265 e. The van der Waals surface area contributed by atoms with Crippen LogP contribution in [0.25, 0.3) is 0 Å². The molecule has 5 heteroatoms. The summed E-state index contributed by atoms with van der Waals surface area (Å²) in [7, 11) is 0. The Morgan fingerprint density at radius 3 is 2.64 bits per heavy atom. The highest BCUT2D eigenvalue weighted by atomic mass is 16.3. The number of amides is 1. The van der Waals surface area contributed by atoms with E-state index in [9.17, 15) is 4.79 Å². The molecule has 0 aliphatic heterocycles. The number of carbonyl (C=O) groups is 1. The Balaban J connectivity index is 2.52. The molecule has 3 N–H and O–H groups in total. The van der Waals surface area contributed by atoms with Gasteiger partial charge in [0, 0.05) is 0 Å². The summed E-state index contributed by atoms with van der Waals surface area (Å²) in [4.78, 5) is 10.5. The molecule has 0 aromatic heterocycles. The highest BCUT2D eigenvalue weighted by molar-refractivity contribution is 5.82. The second-order valence-corrected chi connectivity index (χ2v) is 2.54. The van der Waals surface area contributed by atoms with Gasteiger partial charge in [0.1, 0.15) is 12.4 Å². The third-order valence-corrected chi connectivity index (χ3v) is 1.44. The zero-order chi connectivity index (χ0) is 10.4. The van der Waals surface area contributed by atoms with Crippen molar-refractivity contribution in [2.75, 3.05) is 6.61 Å². The van der Waals surface area contributed by atoms with E-state index in [1.165, 1.54) is 18.3 Å². The Kier molecular flexibility index (Phi) is 3.63. The van der Waals surface area contributed by atoms with Crippen molar-refractivity contribution >= 4 is 12.1 Å². The second-order valence-electron chi connectivity index (χ2n) is 2.54. The van der Waals surface area contributed by atoms with Gasteiger partial charge in [-0.15, -0.1) is 0 Å². The van der Waals surface area contributed by atoms with Gasteiger partial charge in [0.2, 0.25) is 0 Å². The number of nitrogens with zero attached hydrogens (tertiary/aromatic N) is 1. The molecule has 74 valence electrons. The van der Waals surface area contributed by atoms with E-state index in [1.54, 1.807) is 12.1 Å². The van der Waals surface area contributed by atoms with Gasteiger partial charge in [0.25, 0.3) is 5.91 Å². The predicted molar refractivity (Wildman–Crippen MR) is 50.9 cm³/mol. The largest absolute Gasteiger partial charge is 0.508 e. The molecule has 1 amide bonds. The van der Waals surface area contributed by atoms with Crippen LogP contribution in [0.4, 0.5) is 0 Å². The van der Waals surface area contributed by atoms with Gasteiger partial charge in [-0.2, -0.15) is 5.10 Å². The van der Waals surface area contributed by atoms with E-state index in [2.05, 4.69) is 10.5 Å². The summed E-state index contributed by atoms with van der Waals surface area (Å²) in [5, 5.41) is 20.9. The van der Waals surface area contributed by atoms with Crippen molar-refractivity contribution in [3.05, 3.63) is 29.8 Å². The third-order valence-electron chi connectivity index (χ3n) is 1.44. The summed E-state index contributed by atoms with van der Waals surface area (Å²) >= 11 is 0. The van der Waals surface area contributed by atoms with Gasteiger partial charge in [-0.3, -0.25) is 4.79 Å². The number of aliphatic hydroxyl groups excluding tert-OH is 1. The first kappa shape index (κ1) is 10.2. The molecule has 1 aromatic carbocycles. The number of phenols is 1. The SMILES string of the molecule is O=C(CO)N/N=C\c1ccc(O)cc1. The Labute approximate surface area is 80.7 Å². The zero-order valence-electron chi connectivity index (χ0n) is 7.34. The number of aromatic hydroxyl groups is 1. The van der Waals surface area contributed by atoms with Crippen LogP contribution in [-0.2, 0) is 4.79 Å². The maximum Gasteiger partial charge on any atom is 0.265 e. The predicted octanol–water partition coefficient (Wildman–Crippen LogP) is -0.165. The topological polar surface area (TPSA) is 81.9 Å². The summed E-state index contributed by atoms with van der Waals surface area (Å²) in [5.41, 5.74) is 2.85. The Hall–Kier alpha value is -1.88. The number of aliphatic hydroxyl groups is 1. The molecule has 0 saturated carbocycles. The number of hydrogen-bond donors (Lipinski definition) is 3. The molecule has 1 rings (SSSR count). The molecular formula is C9H10N2O3. The Bertz CT molecular complexity index is 332. The number of phenolic OH excluding ortho intramolecular Hbond substituents is 1. The van der Waals surface area contributed by atoms with Gasteiger partial charge in [0.15, 0.2) is 0 Å². The number of hydrogen-bond acceptors (Lipinski definition) is 4. The molecule has 0 fully saturated rings. The standard InChI is InChI=1S/C9H10N2O3/c12-6-9(14)11-10-5-7-1-3-8(13)4-2-7/h1-5,12-13H,6H2,(H,11,14)/b10-5-. The van der Waals surface area contributed by atoms with Crippen LogP contribution in [0.5, 0.6) is 5.75 Å². The van der Waals surface area contributed by atoms with Gasteiger partial charge in [-0.05, 0) is 29.8 Å². The number of benzene rings is 1. The summed E-state index contributed by atoms with van der Waals surface area (Å²) in [5.74, 6) is -0.401. The average molecular weight is 194 g/mol. The first-order chi connectivity index (χ1) is 6.72. The Morgan fingerprint density at radius 1 is 1.43 bits per heavy atom. The van der Waals surface area contributed by atoms with E-state index in [0.717, 1.165) is 5.56 Å². The molecule has 0 bridgehead atoms. The van der Waals surface area contributed by atoms with Crippen LogP contribution in [0.15, 0.2) is 29.4 Å². The molecule has 0 unspecified atom stereocenters. The fraction of sp³-hybridized carbons (Fsp3) is 0.111. The van der Waals surface area contributed by atoms with E-state index >= 15 is 0 Å².